The molecule has 2 aromatic carbocycles. The number of alkyl halides is 2. The number of halogens is 2. The summed E-state index contributed by atoms with van der Waals surface area (Å²) in [6.07, 6.45) is 0. The Kier molecular flexibility index (Phi) is 6.50. The van der Waals surface area contributed by atoms with Crippen LogP contribution >= 0.6 is 0 Å². The molecule has 146 valence electrons. The number of ether oxygens (including phenoxy) is 2. The molecule has 1 unspecified atom stereocenters. The number of benzene rings is 2. The lowest BCUT2D eigenvalue weighted by Crippen LogP contribution is -2.46. The smallest absolute Gasteiger partial charge is 0.379 e. The van der Waals surface area contributed by atoms with Crippen LogP contribution < -0.4 is 9.46 Å². The summed E-state index contributed by atoms with van der Waals surface area (Å²) in [5.41, 5.74) is -0.0763. The molecular weight excluding hydrogens is 380 g/mol. The fraction of sp³-hybridized carbons (Fsp3) is 0.278. The third-order valence-corrected chi connectivity index (χ3v) is 5.12. The van der Waals surface area contributed by atoms with Crippen molar-refractivity contribution in [3.63, 3.8) is 0 Å². The van der Waals surface area contributed by atoms with Gasteiger partial charge in [-0.25, -0.2) is 13.2 Å². The highest BCUT2D eigenvalue weighted by atomic mass is 32.2. The topological polar surface area (TPSA) is 81.7 Å². The predicted molar refractivity (Wildman–Crippen MR) is 94.1 cm³/mol. The number of rotatable bonds is 8. The van der Waals surface area contributed by atoms with Crippen LogP contribution in [0.2, 0.25) is 0 Å². The van der Waals surface area contributed by atoms with Crippen LogP contribution in [-0.2, 0) is 19.6 Å². The molecule has 1 N–H and O–H groups in total. The van der Waals surface area contributed by atoms with Crippen molar-refractivity contribution < 1.29 is 31.5 Å². The van der Waals surface area contributed by atoms with Crippen molar-refractivity contribution >= 4 is 16.0 Å². The van der Waals surface area contributed by atoms with Gasteiger partial charge in [-0.05, 0) is 36.8 Å². The number of hydrogen-bond acceptors (Lipinski definition) is 5. The first-order valence-electron chi connectivity index (χ1n) is 7.98. The summed E-state index contributed by atoms with van der Waals surface area (Å²) < 4.78 is 65.9. The lowest BCUT2D eigenvalue weighted by molar-refractivity contribution is -0.175. The van der Waals surface area contributed by atoms with E-state index in [9.17, 15) is 22.0 Å². The van der Waals surface area contributed by atoms with Crippen molar-refractivity contribution in [2.24, 2.45) is 0 Å². The van der Waals surface area contributed by atoms with E-state index in [0.717, 1.165) is 0 Å². The van der Waals surface area contributed by atoms with Crippen molar-refractivity contribution in [1.82, 2.24) is 4.72 Å². The van der Waals surface area contributed by atoms with Crippen LogP contribution in [0.15, 0.2) is 59.5 Å². The van der Waals surface area contributed by atoms with Gasteiger partial charge in [-0.2, -0.15) is 13.5 Å². The van der Waals surface area contributed by atoms with Crippen LogP contribution in [0.3, 0.4) is 0 Å². The number of carbonyl (C=O) groups excluding carboxylic acids is 1. The Labute approximate surface area is 156 Å². The minimum Gasteiger partial charge on any atom is -0.497 e. The van der Waals surface area contributed by atoms with E-state index in [0.29, 0.717) is 5.75 Å². The number of sulfonamides is 1. The maximum atomic E-state index is 14.7. The zero-order chi connectivity index (χ0) is 20.1. The predicted octanol–water partition coefficient (Wildman–Crippen LogP) is 2.91. The lowest BCUT2D eigenvalue weighted by atomic mass is 10.0. The Balaban J connectivity index is 2.43. The molecule has 2 aromatic rings. The molecule has 0 bridgehead atoms. The van der Waals surface area contributed by atoms with Gasteiger partial charge in [-0.15, -0.1) is 0 Å². The SMILES string of the molecule is CCOC(=O)C(F)(F)C(NS(=O)(=O)c1ccc(OC)cc1)c1ccccc1. The highest BCUT2D eigenvalue weighted by Gasteiger charge is 2.51. The molecule has 2 rings (SSSR count). The van der Waals surface area contributed by atoms with E-state index in [2.05, 4.69) is 4.74 Å². The summed E-state index contributed by atoms with van der Waals surface area (Å²) >= 11 is 0. The van der Waals surface area contributed by atoms with Gasteiger partial charge >= 0.3 is 11.9 Å². The van der Waals surface area contributed by atoms with Gasteiger partial charge in [0.05, 0.1) is 18.6 Å². The summed E-state index contributed by atoms with van der Waals surface area (Å²) in [7, 11) is -2.95. The molecular formula is C18H19F2NO5S. The summed E-state index contributed by atoms with van der Waals surface area (Å²) in [5, 5.41) is 0. The van der Waals surface area contributed by atoms with Crippen LogP contribution in [0, 0.1) is 0 Å². The number of nitrogens with one attached hydrogen (secondary N) is 1. The zero-order valence-electron chi connectivity index (χ0n) is 14.7. The maximum absolute atomic E-state index is 14.7. The van der Waals surface area contributed by atoms with Crippen LogP contribution in [-0.4, -0.2) is 34.0 Å². The highest BCUT2D eigenvalue weighted by molar-refractivity contribution is 7.89. The van der Waals surface area contributed by atoms with Crippen LogP contribution in [0.25, 0.3) is 0 Å². The number of hydrogen-bond donors (Lipinski definition) is 1. The third-order valence-electron chi connectivity index (χ3n) is 3.69. The lowest BCUT2D eigenvalue weighted by Gasteiger charge is -2.26. The Hall–Kier alpha value is -2.52. The molecule has 0 saturated carbocycles. The Morgan fingerprint density at radius 3 is 2.22 bits per heavy atom. The first-order chi connectivity index (χ1) is 12.7. The zero-order valence-corrected chi connectivity index (χ0v) is 15.5. The molecule has 0 radical (unpaired) electrons. The molecule has 0 aliphatic rings. The van der Waals surface area contributed by atoms with Crippen LogP contribution in [0.1, 0.15) is 18.5 Å². The highest BCUT2D eigenvalue weighted by Crippen LogP contribution is 2.34. The van der Waals surface area contributed by atoms with Crippen molar-refractivity contribution in [3.8, 4) is 5.75 Å². The third kappa shape index (κ3) is 4.81. The number of esters is 1. The largest absolute Gasteiger partial charge is 0.497 e. The molecule has 9 heteroatoms. The Morgan fingerprint density at radius 2 is 1.70 bits per heavy atom. The van der Waals surface area contributed by atoms with E-state index in [4.69, 9.17) is 4.74 Å². The molecule has 6 nitrogen and oxygen atoms in total. The quantitative estimate of drug-likeness (QED) is 0.691. The van der Waals surface area contributed by atoms with Crippen molar-refractivity contribution in [2.75, 3.05) is 13.7 Å². The van der Waals surface area contributed by atoms with Gasteiger partial charge in [0.15, 0.2) is 0 Å². The molecule has 0 heterocycles. The molecule has 0 saturated heterocycles. The molecule has 27 heavy (non-hydrogen) atoms. The van der Waals surface area contributed by atoms with Gasteiger partial charge in [-0.1, -0.05) is 30.3 Å². The second-order valence-electron chi connectivity index (χ2n) is 5.48. The average Bonchev–Trinajstić information content (AvgIpc) is 2.67. The number of methoxy groups -OCH3 is 1. The monoisotopic (exact) mass is 399 g/mol. The summed E-state index contributed by atoms with van der Waals surface area (Å²) in [5.74, 6) is -5.52. The molecule has 0 amide bonds. The van der Waals surface area contributed by atoms with Gasteiger partial charge < -0.3 is 9.47 Å². The van der Waals surface area contributed by atoms with E-state index in [1.54, 1.807) is 6.07 Å². The second kappa shape index (κ2) is 8.45. The van der Waals surface area contributed by atoms with Crippen molar-refractivity contribution in [2.45, 2.75) is 23.8 Å². The van der Waals surface area contributed by atoms with E-state index in [-0.39, 0.29) is 17.1 Å². The van der Waals surface area contributed by atoms with Crippen LogP contribution in [0.5, 0.6) is 5.75 Å². The van der Waals surface area contributed by atoms with E-state index < -0.39 is 28.0 Å². The van der Waals surface area contributed by atoms with E-state index >= 15 is 0 Å². The minimum atomic E-state index is -4.36. The number of carbonyl (C=O) groups is 1. The van der Waals surface area contributed by atoms with Gasteiger partial charge in [0.25, 0.3) is 0 Å². The van der Waals surface area contributed by atoms with E-state index in [1.807, 2.05) is 4.72 Å². The van der Waals surface area contributed by atoms with Gasteiger partial charge in [0.2, 0.25) is 10.0 Å². The molecule has 0 fully saturated rings. The molecule has 0 spiro atoms. The molecule has 0 aromatic heterocycles. The second-order valence-corrected chi connectivity index (χ2v) is 7.20. The first kappa shape index (κ1) is 20.8. The molecule has 0 aliphatic heterocycles. The van der Waals surface area contributed by atoms with Crippen molar-refractivity contribution in [1.29, 1.82) is 0 Å². The standard InChI is InChI=1S/C18H19F2NO5S/c1-3-26-17(22)18(19,20)16(13-7-5-4-6-8-13)21-27(23,24)15-11-9-14(25-2)10-12-15/h4-12,16,21H,3H2,1-2H3. The first-order valence-corrected chi connectivity index (χ1v) is 9.47. The van der Waals surface area contributed by atoms with Crippen molar-refractivity contribution in [3.05, 3.63) is 60.2 Å². The van der Waals surface area contributed by atoms with Crippen LogP contribution in [0.4, 0.5) is 8.78 Å². The fourth-order valence-electron chi connectivity index (χ4n) is 2.32. The molecule has 1 atom stereocenters. The maximum Gasteiger partial charge on any atom is 0.379 e. The summed E-state index contributed by atoms with van der Waals surface area (Å²) in [6, 6.07) is 10.2. The Bertz CT molecular complexity index is 870. The van der Waals surface area contributed by atoms with Gasteiger partial charge in [-0.3, -0.25) is 0 Å². The summed E-state index contributed by atoms with van der Waals surface area (Å²) in [4.78, 5) is 11.5. The van der Waals surface area contributed by atoms with Gasteiger partial charge in [0, 0.05) is 0 Å². The van der Waals surface area contributed by atoms with E-state index in [1.165, 1.54) is 62.6 Å². The molecule has 0 aliphatic carbocycles. The summed E-state index contributed by atoms with van der Waals surface area (Å²) in [6.45, 7) is 1.12. The normalized spacial score (nSPS) is 13.0. The van der Waals surface area contributed by atoms with Gasteiger partial charge in [0.1, 0.15) is 11.8 Å². The minimum absolute atomic E-state index is 0.0763. The fourth-order valence-corrected chi connectivity index (χ4v) is 3.54. The average molecular weight is 399 g/mol. The Morgan fingerprint density at radius 1 is 1.11 bits per heavy atom.